The van der Waals surface area contributed by atoms with E-state index in [0.29, 0.717) is 30.5 Å². The van der Waals surface area contributed by atoms with Gasteiger partial charge in [0.25, 0.3) is 0 Å². The third kappa shape index (κ3) is 6.04. The summed E-state index contributed by atoms with van der Waals surface area (Å²) in [6, 6.07) is 15.6. The summed E-state index contributed by atoms with van der Waals surface area (Å²) >= 11 is 1.41. The lowest BCUT2D eigenvalue weighted by molar-refractivity contribution is -0.147. The molecule has 2 heterocycles. The Labute approximate surface area is 209 Å². The predicted molar refractivity (Wildman–Crippen MR) is 136 cm³/mol. The summed E-state index contributed by atoms with van der Waals surface area (Å²) in [6.07, 6.45) is 2.08. The average molecular weight is 495 g/mol. The molecule has 3 aromatic rings. The lowest BCUT2D eigenvalue weighted by Gasteiger charge is -2.36. The number of carbonyl (C=O) groups excluding carboxylic acids is 1. The molecule has 1 fully saturated rings. The number of aromatic nitrogens is 2. The zero-order chi connectivity index (χ0) is 24.8. The van der Waals surface area contributed by atoms with E-state index < -0.39 is 5.97 Å². The van der Waals surface area contributed by atoms with E-state index in [4.69, 9.17) is 9.84 Å². The number of hydrogen-bond donors (Lipinski definition) is 1. The molecular formula is C26H30N4O4S. The van der Waals surface area contributed by atoms with Crippen molar-refractivity contribution < 1.29 is 19.4 Å². The molecule has 1 N–H and O–H groups in total. The van der Waals surface area contributed by atoms with E-state index in [1.54, 1.807) is 12.0 Å². The summed E-state index contributed by atoms with van der Waals surface area (Å²) in [4.78, 5) is 28.1. The van der Waals surface area contributed by atoms with Crippen molar-refractivity contribution in [2.75, 3.05) is 31.6 Å². The van der Waals surface area contributed by atoms with Crippen LogP contribution >= 0.6 is 11.3 Å². The highest BCUT2D eigenvalue weighted by molar-refractivity contribution is 7.18. The predicted octanol–water partition coefficient (Wildman–Crippen LogP) is 4.11. The third-order valence-corrected chi connectivity index (χ3v) is 7.12. The van der Waals surface area contributed by atoms with Crippen LogP contribution in [0.4, 0.5) is 5.13 Å². The number of carbonyl (C=O) groups is 2. The molecule has 0 radical (unpaired) electrons. The van der Waals surface area contributed by atoms with Gasteiger partial charge in [-0.25, -0.2) is 0 Å². The van der Waals surface area contributed by atoms with Crippen molar-refractivity contribution in [1.82, 2.24) is 15.1 Å². The Hall–Kier alpha value is -3.30. The SMILES string of the molecule is CCCCN(C(=O)Cc1ccccc1OC)c1nnc(-c2ccc(CN3CC(C(=O)O)C3)cc2)s1. The average Bonchev–Trinajstić information content (AvgIpc) is 3.31. The second kappa shape index (κ2) is 11.4. The number of ether oxygens (including phenoxy) is 1. The van der Waals surface area contributed by atoms with Gasteiger partial charge in [-0.2, -0.15) is 0 Å². The van der Waals surface area contributed by atoms with Crippen LogP contribution in [-0.4, -0.2) is 58.8 Å². The standard InChI is InChI=1S/C26H30N4O4S/c1-3-4-13-30(23(31)14-20-7-5-6-8-22(20)34-2)26-28-27-24(35-26)19-11-9-18(10-12-19)15-29-16-21(17-29)25(32)33/h5-12,21H,3-4,13-17H2,1-2H3,(H,32,33). The van der Waals surface area contributed by atoms with E-state index in [1.165, 1.54) is 11.3 Å². The van der Waals surface area contributed by atoms with Crippen molar-refractivity contribution in [2.24, 2.45) is 5.92 Å². The number of aliphatic carboxylic acids is 1. The lowest BCUT2D eigenvalue weighted by atomic mass is 9.99. The number of unbranched alkanes of at least 4 members (excludes halogenated alkanes) is 1. The minimum atomic E-state index is -0.724. The summed E-state index contributed by atoms with van der Waals surface area (Å²) in [5, 5.41) is 19.1. The van der Waals surface area contributed by atoms with E-state index in [9.17, 15) is 9.59 Å². The molecule has 1 aliphatic rings. The third-order valence-electron chi connectivity index (χ3n) is 6.13. The van der Waals surface area contributed by atoms with Gasteiger partial charge < -0.3 is 9.84 Å². The molecule has 9 heteroatoms. The van der Waals surface area contributed by atoms with Crippen molar-refractivity contribution in [3.63, 3.8) is 0 Å². The summed E-state index contributed by atoms with van der Waals surface area (Å²) in [5.41, 5.74) is 2.91. The second-order valence-electron chi connectivity index (χ2n) is 8.70. The van der Waals surface area contributed by atoms with Crippen LogP contribution in [-0.2, 0) is 22.6 Å². The molecule has 1 amide bonds. The summed E-state index contributed by atoms with van der Waals surface area (Å²) < 4.78 is 5.41. The number of hydrogen-bond acceptors (Lipinski definition) is 7. The zero-order valence-corrected chi connectivity index (χ0v) is 20.8. The van der Waals surface area contributed by atoms with Crippen LogP contribution in [0.3, 0.4) is 0 Å². The fraction of sp³-hybridized carbons (Fsp3) is 0.385. The number of para-hydroxylation sites is 1. The first-order valence-corrected chi connectivity index (χ1v) is 12.6. The fourth-order valence-corrected chi connectivity index (χ4v) is 4.95. The van der Waals surface area contributed by atoms with Crippen molar-refractivity contribution in [1.29, 1.82) is 0 Å². The monoisotopic (exact) mass is 494 g/mol. The van der Waals surface area contributed by atoms with Gasteiger partial charge in [0.05, 0.1) is 19.4 Å². The molecule has 0 bridgehead atoms. The second-order valence-corrected chi connectivity index (χ2v) is 9.66. The zero-order valence-electron chi connectivity index (χ0n) is 20.0. The van der Waals surface area contributed by atoms with Gasteiger partial charge in [0, 0.05) is 37.3 Å². The first kappa shape index (κ1) is 24.8. The number of amides is 1. The van der Waals surface area contributed by atoms with Crippen LogP contribution in [0.25, 0.3) is 10.6 Å². The first-order chi connectivity index (χ1) is 17.0. The molecule has 2 aromatic carbocycles. The maximum Gasteiger partial charge on any atom is 0.309 e. The highest BCUT2D eigenvalue weighted by Gasteiger charge is 2.32. The van der Waals surface area contributed by atoms with Crippen molar-refractivity contribution in [3.8, 4) is 16.3 Å². The smallest absolute Gasteiger partial charge is 0.309 e. The number of anilines is 1. The molecule has 0 saturated carbocycles. The van der Waals surface area contributed by atoms with E-state index in [1.807, 2.05) is 48.5 Å². The normalized spacial score (nSPS) is 13.9. The van der Waals surface area contributed by atoms with Crippen molar-refractivity contribution in [2.45, 2.75) is 32.7 Å². The van der Waals surface area contributed by atoms with Gasteiger partial charge in [-0.1, -0.05) is 67.1 Å². The topological polar surface area (TPSA) is 95.9 Å². The Morgan fingerprint density at radius 3 is 2.57 bits per heavy atom. The van der Waals surface area contributed by atoms with Crippen LogP contribution in [0.1, 0.15) is 30.9 Å². The number of benzene rings is 2. The molecule has 0 spiro atoms. The Morgan fingerprint density at radius 2 is 1.89 bits per heavy atom. The Balaban J connectivity index is 1.44. The minimum absolute atomic E-state index is 0.0322. The van der Waals surface area contributed by atoms with Gasteiger partial charge in [0.2, 0.25) is 11.0 Å². The van der Waals surface area contributed by atoms with Gasteiger partial charge in [0.15, 0.2) is 0 Å². The lowest BCUT2D eigenvalue weighted by Crippen LogP contribution is -2.49. The Kier molecular flexibility index (Phi) is 8.09. The quantitative estimate of drug-likeness (QED) is 0.429. The molecule has 1 saturated heterocycles. The van der Waals surface area contributed by atoms with Crippen LogP contribution in [0.2, 0.25) is 0 Å². The Morgan fingerprint density at radius 1 is 1.14 bits per heavy atom. The van der Waals surface area contributed by atoms with Crippen molar-refractivity contribution in [3.05, 3.63) is 59.7 Å². The minimum Gasteiger partial charge on any atom is -0.496 e. The molecule has 35 heavy (non-hydrogen) atoms. The first-order valence-electron chi connectivity index (χ1n) is 11.8. The largest absolute Gasteiger partial charge is 0.496 e. The molecule has 1 aliphatic heterocycles. The Bertz CT molecular complexity index is 1160. The van der Waals surface area contributed by atoms with Gasteiger partial charge in [0.1, 0.15) is 10.8 Å². The number of carboxylic acid groups (broad SMARTS) is 1. The van der Waals surface area contributed by atoms with E-state index >= 15 is 0 Å². The number of rotatable bonds is 11. The van der Waals surface area contributed by atoms with Crippen LogP contribution in [0.15, 0.2) is 48.5 Å². The fourth-order valence-electron chi connectivity index (χ4n) is 4.06. The van der Waals surface area contributed by atoms with E-state index in [-0.39, 0.29) is 18.2 Å². The molecule has 8 nitrogen and oxygen atoms in total. The number of carboxylic acids is 1. The number of nitrogens with zero attached hydrogens (tertiary/aromatic N) is 4. The van der Waals surface area contributed by atoms with Crippen LogP contribution in [0, 0.1) is 5.92 Å². The highest BCUT2D eigenvalue weighted by Crippen LogP contribution is 2.30. The summed E-state index contributed by atoms with van der Waals surface area (Å²) in [6.45, 7) is 4.59. The van der Waals surface area contributed by atoms with Crippen LogP contribution in [0.5, 0.6) is 5.75 Å². The van der Waals surface area contributed by atoms with Gasteiger partial charge in [-0.3, -0.25) is 19.4 Å². The molecule has 184 valence electrons. The molecule has 1 aromatic heterocycles. The van der Waals surface area contributed by atoms with Crippen molar-refractivity contribution >= 4 is 28.3 Å². The molecule has 0 unspecified atom stereocenters. The van der Waals surface area contributed by atoms with Gasteiger partial charge >= 0.3 is 5.97 Å². The maximum atomic E-state index is 13.2. The van der Waals surface area contributed by atoms with E-state index in [0.717, 1.165) is 41.1 Å². The number of methoxy groups -OCH3 is 1. The summed E-state index contributed by atoms with van der Waals surface area (Å²) in [5.74, 6) is -0.310. The highest BCUT2D eigenvalue weighted by atomic mass is 32.1. The molecular weight excluding hydrogens is 464 g/mol. The molecule has 0 aliphatic carbocycles. The maximum absolute atomic E-state index is 13.2. The van der Waals surface area contributed by atoms with Crippen LogP contribution < -0.4 is 9.64 Å². The van der Waals surface area contributed by atoms with Gasteiger partial charge in [-0.05, 0) is 18.1 Å². The van der Waals surface area contributed by atoms with E-state index in [2.05, 4.69) is 22.0 Å². The van der Waals surface area contributed by atoms with Gasteiger partial charge in [-0.15, -0.1) is 10.2 Å². The molecule has 0 atom stereocenters. The number of likely N-dealkylation sites (tertiary alicyclic amines) is 1. The summed E-state index contributed by atoms with van der Waals surface area (Å²) in [7, 11) is 1.61. The molecule has 4 rings (SSSR count).